The topological polar surface area (TPSA) is 100 Å². The van der Waals surface area contributed by atoms with Crippen molar-refractivity contribution in [3.8, 4) is 22.5 Å². The molecule has 6 nitrogen and oxygen atoms in total. The molecule has 6 aromatic rings. The number of carbonyl (C=O) groups is 2. The van der Waals surface area contributed by atoms with E-state index in [9.17, 15) is 14.7 Å². The van der Waals surface area contributed by atoms with Gasteiger partial charge in [0.05, 0.1) is 22.6 Å². The molecule has 2 heterocycles. The number of aliphatic hydroxyl groups excluding tert-OH is 2. The summed E-state index contributed by atoms with van der Waals surface area (Å²) in [7, 11) is 0. The van der Waals surface area contributed by atoms with Gasteiger partial charge in [-0.3, -0.25) is 19.6 Å². The minimum absolute atomic E-state index is 0. The number of fused-ring (bicyclic) bond motifs is 5. The molecule has 0 saturated carbocycles. The Labute approximate surface area is 435 Å². The van der Waals surface area contributed by atoms with Crippen LogP contribution in [-0.2, 0) is 75.5 Å². The largest absolute Gasteiger partial charge is 0.512 e. The van der Waals surface area contributed by atoms with Crippen LogP contribution < -0.4 is 0 Å². The van der Waals surface area contributed by atoms with Crippen molar-refractivity contribution >= 4 is 33.4 Å². The van der Waals surface area contributed by atoms with E-state index in [2.05, 4.69) is 140 Å². The third kappa shape index (κ3) is 18.7. The standard InChI is InChI=1S/C23H24N.C21H22N.C11H20O2.C5H8O2.2Ir/c1-14(2)10-17-6-5-7-22-20(17)13-18-8-9-19-16(4)11-15(3)12-21(19)23(18)24-22;1-14(2)10-17-6-5-7-21-19(17)8-9-20(22-21)18-12-15(3)11-16(4)13-18;1-8(2)5-10(12)7-11(13)6-9(3)4;1-4(6)3-5(2)7;;/h5-7,11,13-14H,8-10H2,1-4H3;5-9,11-12,14H,10H2,1-4H3;7-9,12H,5-6H2,1-4H3;3,6H,1-2H3;;/q2*-1;;;;. The zero-order chi connectivity index (χ0) is 48.8. The predicted molar refractivity (Wildman–Crippen MR) is 277 cm³/mol. The van der Waals surface area contributed by atoms with Crippen molar-refractivity contribution in [3.05, 3.63) is 153 Å². The number of pyridine rings is 2. The molecule has 0 amide bonds. The van der Waals surface area contributed by atoms with Gasteiger partial charge in [0.25, 0.3) is 0 Å². The van der Waals surface area contributed by atoms with E-state index in [-0.39, 0.29) is 63.3 Å². The van der Waals surface area contributed by atoms with Gasteiger partial charge in [0.1, 0.15) is 0 Å². The number of benzene rings is 4. The molecule has 1 aliphatic rings. The molecule has 2 radical (unpaired) electrons. The number of aromatic nitrogens is 2. The summed E-state index contributed by atoms with van der Waals surface area (Å²) in [6.07, 6.45) is 8.02. The Balaban J connectivity index is 0.000000334. The quantitative estimate of drug-likeness (QED) is 0.0762. The first-order valence-electron chi connectivity index (χ1n) is 23.7. The third-order valence-corrected chi connectivity index (χ3v) is 10.9. The predicted octanol–water partition coefficient (Wildman–Crippen LogP) is 15.3. The Bertz CT molecular complexity index is 2670. The van der Waals surface area contributed by atoms with Crippen molar-refractivity contribution < 1.29 is 60.0 Å². The molecule has 2 aromatic heterocycles. The van der Waals surface area contributed by atoms with Crippen LogP contribution >= 0.6 is 0 Å². The van der Waals surface area contributed by atoms with Gasteiger partial charge >= 0.3 is 0 Å². The van der Waals surface area contributed by atoms with Crippen LogP contribution in [0, 0.1) is 63.5 Å². The molecule has 368 valence electrons. The van der Waals surface area contributed by atoms with Crippen molar-refractivity contribution in [3.63, 3.8) is 0 Å². The van der Waals surface area contributed by atoms with Gasteiger partial charge in [-0.1, -0.05) is 138 Å². The van der Waals surface area contributed by atoms with Gasteiger partial charge in [-0.05, 0) is 91.4 Å². The van der Waals surface area contributed by atoms with E-state index in [0.29, 0.717) is 36.5 Å². The average Bonchev–Trinajstić information content (AvgIpc) is 3.19. The molecular weight excluding hydrogens is 1200 g/mol. The number of carbonyl (C=O) groups excluding carboxylic acids is 2. The molecule has 2 N–H and O–H groups in total. The molecule has 7 rings (SSSR count). The minimum Gasteiger partial charge on any atom is -0.512 e. The molecule has 1 aliphatic carbocycles. The molecule has 0 atom stereocenters. The van der Waals surface area contributed by atoms with Crippen LogP contribution in [0.15, 0.2) is 96.5 Å². The summed E-state index contributed by atoms with van der Waals surface area (Å²) in [5.41, 5.74) is 17.3. The number of aliphatic hydroxyl groups is 2. The summed E-state index contributed by atoms with van der Waals surface area (Å²) >= 11 is 0. The van der Waals surface area contributed by atoms with Gasteiger partial charge in [-0.25, -0.2) is 0 Å². The first kappa shape index (κ1) is 59.5. The van der Waals surface area contributed by atoms with Crippen molar-refractivity contribution in [2.24, 2.45) is 23.7 Å². The van der Waals surface area contributed by atoms with E-state index in [4.69, 9.17) is 15.1 Å². The molecule has 4 aromatic carbocycles. The number of ketones is 2. The zero-order valence-electron chi connectivity index (χ0n) is 42.9. The van der Waals surface area contributed by atoms with Gasteiger partial charge in [0.2, 0.25) is 0 Å². The maximum Gasteiger partial charge on any atom is 0.159 e. The normalized spacial score (nSPS) is 11.9. The SMILES string of the molecule is CC(=O)C=C(C)O.CC(C)CC(=O)C=C(O)CC(C)C.Cc1[c-]c(-c2ccc3c(CC(C)C)cccc3n2)cc(C)c1.Cc1[c-]c2c(c(C)c1)CCc1cc3c(CC(C)C)cccc3nc1-2.[Ir].[Ir]. The molecule has 0 saturated heterocycles. The first-order valence-corrected chi connectivity index (χ1v) is 23.7. The Kier molecular flexibility index (Phi) is 24.7. The number of allylic oxidation sites excluding steroid dienone is 4. The Morgan fingerprint density at radius 1 is 0.647 bits per heavy atom. The second-order valence-electron chi connectivity index (χ2n) is 19.8. The summed E-state index contributed by atoms with van der Waals surface area (Å²) < 4.78 is 0. The molecule has 0 fully saturated rings. The molecule has 0 bridgehead atoms. The molecular formula is C60H74Ir2N2O4-2. The van der Waals surface area contributed by atoms with E-state index < -0.39 is 0 Å². The Morgan fingerprint density at radius 2 is 1.22 bits per heavy atom. The zero-order valence-corrected chi connectivity index (χ0v) is 47.7. The molecule has 8 heteroatoms. The molecule has 0 aliphatic heterocycles. The van der Waals surface area contributed by atoms with Gasteiger partial charge in [0, 0.05) is 76.0 Å². The summed E-state index contributed by atoms with van der Waals surface area (Å²) in [4.78, 5) is 31.2. The van der Waals surface area contributed by atoms with E-state index in [1.165, 1.54) is 81.3 Å². The molecule has 0 spiro atoms. The van der Waals surface area contributed by atoms with Gasteiger partial charge in [0.15, 0.2) is 11.6 Å². The fourth-order valence-electron chi connectivity index (χ4n) is 8.46. The second-order valence-corrected chi connectivity index (χ2v) is 19.8. The number of hydrogen-bond acceptors (Lipinski definition) is 6. The maximum absolute atomic E-state index is 11.2. The first-order chi connectivity index (χ1) is 31.1. The van der Waals surface area contributed by atoms with Crippen LogP contribution in [0.5, 0.6) is 0 Å². The summed E-state index contributed by atoms with van der Waals surface area (Å²) in [5.74, 6) is 2.23. The van der Waals surface area contributed by atoms with Crippen LogP contribution in [0.4, 0.5) is 0 Å². The number of aryl methyl sites for hydroxylation is 5. The van der Waals surface area contributed by atoms with Crippen LogP contribution in [0.1, 0.15) is 127 Å². The Hall–Kier alpha value is -4.58. The van der Waals surface area contributed by atoms with Gasteiger partial charge in [-0.15, -0.1) is 69.3 Å². The summed E-state index contributed by atoms with van der Waals surface area (Å²) in [6.45, 7) is 28.5. The Morgan fingerprint density at radius 3 is 1.75 bits per heavy atom. The van der Waals surface area contributed by atoms with Crippen molar-refractivity contribution in [2.75, 3.05) is 0 Å². The van der Waals surface area contributed by atoms with Crippen LogP contribution in [0.25, 0.3) is 44.3 Å². The van der Waals surface area contributed by atoms with E-state index in [1.54, 1.807) is 0 Å². The fraction of sp³-hybridized carbons (Fsp3) is 0.400. The summed E-state index contributed by atoms with van der Waals surface area (Å²) in [6, 6.07) is 33.2. The van der Waals surface area contributed by atoms with Crippen molar-refractivity contribution in [2.45, 2.75) is 135 Å². The van der Waals surface area contributed by atoms with Crippen molar-refractivity contribution in [1.29, 1.82) is 0 Å². The van der Waals surface area contributed by atoms with Crippen molar-refractivity contribution in [1.82, 2.24) is 9.97 Å². The van der Waals surface area contributed by atoms with E-state index in [1.807, 2.05) is 27.7 Å². The molecule has 68 heavy (non-hydrogen) atoms. The number of rotatable bonds is 11. The van der Waals surface area contributed by atoms with Gasteiger partial charge < -0.3 is 10.2 Å². The van der Waals surface area contributed by atoms with Gasteiger partial charge in [-0.2, -0.15) is 0 Å². The minimum atomic E-state index is -0.125. The van der Waals surface area contributed by atoms with Crippen LogP contribution in [-0.4, -0.2) is 31.7 Å². The fourth-order valence-corrected chi connectivity index (χ4v) is 8.46. The smallest absolute Gasteiger partial charge is 0.159 e. The van der Waals surface area contributed by atoms with E-state index in [0.717, 1.165) is 59.2 Å². The maximum atomic E-state index is 11.2. The average molecular weight is 1270 g/mol. The van der Waals surface area contributed by atoms with E-state index >= 15 is 0 Å². The second kappa shape index (κ2) is 28.2. The molecule has 0 unspecified atom stereocenters. The van der Waals surface area contributed by atoms with Crippen LogP contribution in [0.3, 0.4) is 0 Å². The third-order valence-electron chi connectivity index (χ3n) is 10.9. The van der Waals surface area contributed by atoms with Crippen LogP contribution in [0.2, 0.25) is 0 Å². The monoisotopic (exact) mass is 1270 g/mol. The summed E-state index contributed by atoms with van der Waals surface area (Å²) in [5, 5.41) is 20.3. The number of hydrogen-bond donors (Lipinski definition) is 2. The number of nitrogens with zero attached hydrogens (tertiary/aromatic N) is 2.